The molecule has 0 heterocycles. The topological polar surface area (TPSA) is 148 Å². The van der Waals surface area contributed by atoms with E-state index in [0.29, 0.717) is 25.6 Å². The van der Waals surface area contributed by atoms with E-state index in [4.69, 9.17) is 5.73 Å². The Kier molecular flexibility index (Phi) is 11.9. The van der Waals surface area contributed by atoms with E-state index in [1.807, 2.05) is 9.80 Å². The summed E-state index contributed by atoms with van der Waals surface area (Å²) in [5.74, 6) is -1.30. The van der Waals surface area contributed by atoms with E-state index in [9.17, 15) is 30.0 Å². The number of hydrogen-bond acceptors (Lipinski definition) is 7. The average Bonchev–Trinajstić information content (AvgIpc) is 2.82. The first kappa shape index (κ1) is 29.3. The lowest BCUT2D eigenvalue weighted by Gasteiger charge is -2.41. The number of carboxylic acids is 2. The molecule has 5 atom stereocenters. The van der Waals surface area contributed by atoms with Crippen LogP contribution in [0, 0.1) is 17.8 Å². The Morgan fingerprint density at radius 3 is 1.81 bits per heavy atom. The van der Waals surface area contributed by atoms with E-state index in [-0.39, 0.29) is 37.0 Å². The molecule has 0 aromatic carbocycles. The molecule has 0 amide bonds. The van der Waals surface area contributed by atoms with Crippen LogP contribution in [0.25, 0.3) is 0 Å². The summed E-state index contributed by atoms with van der Waals surface area (Å²) in [5.41, 5.74) is 6.13. The highest BCUT2D eigenvalue weighted by molar-refractivity contribution is 5.69. The number of nitrogens with zero attached hydrogens (tertiary/aromatic N) is 2. The molecule has 6 N–H and O–H groups in total. The first-order valence-electron chi connectivity index (χ1n) is 14.2. The number of nitrogens with two attached hydrogens (primary N) is 1. The number of carboxylic acid groups (broad SMARTS) is 2. The van der Waals surface area contributed by atoms with Gasteiger partial charge in [-0.2, -0.15) is 0 Å². The maximum absolute atomic E-state index is 11.9. The van der Waals surface area contributed by atoms with Crippen LogP contribution in [-0.2, 0) is 9.59 Å². The summed E-state index contributed by atoms with van der Waals surface area (Å²) in [4.78, 5) is 27.6. The molecule has 3 fully saturated rings. The molecule has 3 rings (SSSR count). The Bertz CT molecular complexity index is 686. The van der Waals surface area contributed by atoms with Crippen molar-refractivity contribution in [1.82, 2.24) is 9.80 Å². The Morgan fingerprint density at radius 1 is 0.750 bits per heavy atom. The van der Waals surface area contributed by atoms with Crippen molar-refractivity contribution in [3.63, 3.8) is 0 Å². The van der Waals surface area contributed by atoms with Gasteiger partial charge in [0.2, 0.25) is 0 Å². The largest absolute Gasteiger partial charge is 0.480 e. The summed E-state index contributed by atoms with van der Waals surface area (Å²) in [5, 5.41) is 40.6. The van der Waals surface area contributed by atoms with Crippen LogP contribution in [0.4, 0.5) is 0 Å². The van der Waals surface area contributed by atoms with Gasteiger partial charge in [0.1, 0.15) is 0 Å². The molecule has 3 saturated carbocycles. The van der Waals surface area contributed by atoms with Crippen molar-refractivity contribution in [1.29, 1.82) is 0 Å². The van der Waals surface area contributed by atoms with Gasteiger partial charge in [0.25, 0.3) is 0 Å². The van der Waals surface area contributed by atoms with Crippen LogP contribution in [0.5, 0.6) is 0 Å². The molecule has 3 aliphatic rings. The van der Waals surface area contributed by atoms with Crippen molar-refractivity contribution in [3.05, 3.63) is 0 Å². The molecular formula is C27H49N3O6. The van der Waals surface area contributed by atoms with Crippen molar-refractivity contribution in [2.24, 2.45) is 23.5 Å². The van der Waals surface area contributed by atoms with Gasteiger partial charge >= 0.3 is 11.9 Å². The molecule has 0 radical (unpaired) electrons. The summed E-state index contributed by atoms with van der Waals surface area (Å²) < 4.78 is 0. The van der Waals surface area contributed by atoms with Crippen LogP contribution >= 0.6 is 0 Å². The predicted octanol–water partition coefficient (Wildman–Crippen LogP) is 2.14. The molecule has 5 unspecified atom stereocenters. The zero-order valence-corrected chi connectivity index (χ0v) is 21.8. The van der Waals surface area contributed by atoms with E-state index in [1.54, 1.807) is 0 Å². The summed E-state index contributed by atoms with van der Waals surface area (Å²) in [6.45, 7) is 1.23. The van der Waals surface area contributed by atoms with Crippen molar-refractivity contribution in [3.8, 4) is 0 Å². The second-order valence-electron chi connectivity index (χ2n) is 11.8. The quantitative estimate of drug-likeness (QED) is 0.251. The number of aliphatic hydroxyl groups excluding tert-OH is 2. The minimum absolute atomic E-state index is 0.0356. The van der Waals surface area contributed by atoms with E-state index in [2.05, 4.69) is 0 Å². The minimum atomic E-state index is -0.907. The van der Waals surface area contributed by atoms with Crippen molar-refractivity contribution >= 4 is 11.9 Å². The third kappa shape index (κ3) is 9.56. The fourth-order valence-corrected chi connectivity index (χ4v) is 6.79. The third-order valence-electron chi connectivity index (χ3n) is 8.88. The third-order valence-corrected chi connectivity index (χ3v) is 8.88. The van der Waals surface area contributed by atoms with Crippen LogP contribution in [0.3, 0.4) is 0 Å². The van der Waals surface area contributed by atoms with Crippen molar-refractivity contribution in [2.75, 3.05) is 32.7 Å². The van der Waals surface area contributed by atoms with E-state index < -0.39 is 24.1 Å². The predicted molar refractivity (Wildman–Crippen MR) is 138 cm³/mol. The van der Waals surface area contributed by atoms with E-state index >= 15 is 0 Å². The maximum atomic E-state index is 11.9. The molecular weight excluding hydrogens is 462 g/mol. The van der Waals surface area contributed by atoms with Gasteiger partial charge in [0.05, 0.1) is 25.3 Å². The zero-order valence-electron chi connectivity index (χ0n) is 21.8. The lowest BCUT2D eigenvalue weighted by molar-refractivity contribution is -0.141. The molecule has 0 aliphatic heterocycles. The Morgan fingerprint density at radius 2 is 1.28 bits per heavy atom. The van der Waals surface area contributed by atoms with Gasteiger partial charge < -0.3 is 26.2 Å². The Labute approximate surface area is 216 Å². The lowest BCUT2D eigenvalue weighted by Crippen LogP contribution is -2.52. The molecule has 0 saturated heterocycles. The van der Waals surface area contributed by atoms with Gasteiger partial charge in [-0.3, -0.25) is 19.4 Å². The summed E-state index contributed by atoms with van der Waals surface area (Å²) >= 11 is 0. The Balaban J connectivity index is 1.79. The SMILES string of the molecule is NC1CCC(CC(CN(CC(=O)O)CC2CCCCC2O)N(CC(=O)O)CC2CCCCC2O)CC1. The smallest absolute Gasteiger partial charge is 0.317 e. The van der Waals surface area contributed by atoms with Gasteiger partial charge in [-0.1, -0.05) is 25.7 Å². The standard InChI is InChI=1S/C27H49N3O6/c28-22-11-9-19(10-12-22)13-23(30(18-27(35)36)15-21-6-2-4-8-25(21)32)16-29(17-26(33)34)14-20-5-1-3-7-24(20)31/h19-25,31-32H,1-18,28H2,(H,33,34)(H,35,36). The maximum Gasteiger partial charge on any atom is 0.317 e. The van der Waals surface area contributed by atoms with E-state index in [0.717, 1.165) is 83.5 Å². The Hall–Kier alpha value is -1.26. The van der Waals surface area contributed by atoms with Crippen LogP contribution in [-0.4, -0.2) is 99.2 Å². The number of aliphatic hydroxyl groups is 2. The van der Waals surface area contributed by atoms with Crippen LogP contribution in [0.15, 0.2) is 0 Å². The molecule has 0 aromatic rings. The number of carbonyl (C=O) groups is 2. The molecule has 0 spiro atoms. The highest BCUT2D eigenvalue weighted by atomic mass is 16.4. The zero-order chi connectivity index (χ0) is 26.1. The minimum Gasteiger partial charge on any atom is -0.480 e. The summed E-state index contributed by atoms with van der Waals surface area (Å²) in [7, 11) is 0. The summed E-state index contributed by atoms with van der Waals surface area (Å²) in [6.07, 6.45) is 11.2. The first-order valence-corrected chi connectivity index (χ1v) is 14.2. The van der Waals surface area contributed by atoms with Gasteiger partial charge in [0.15, 0.2) is 0 Å². The van der Waals surface area contributed by atoms with Gasteiger partial charge in [-0.05, 0) is 75.5 Å². The van der Waals surface area contributed by atoms with Gasteiger partial charge in [-0.25, -0.2) is 0 Å². The average molecular weight is 512 g/mol. The highest BCUT2D eigenvalue weighted by Crippen LogP contribution is 2.32. The second-order valence-corrected chi connectivity index (χ2v) is 11.8. The fourth-order valence-electron chi connectivity index (χ4n) is 6.79. The molecule has 3 aliphatic carbocycles. The monoisotopic (exact) mass is 511 g/mol. The molecule has 208 valence electrons. The second kappa shape index (κ2) is 14.6. The molecule has 0 bridgehead atoms. The lowest BCUT2D eigenvalue weighted by atomic mass is 9.81. The first-order chi connectivity index (χ1) is 17.2. The van der Waals surface area contributed by atoms with Gasteiger partial charge in [0, 0.05) is 31.7 Å². The fraction of sp³-hybridized carbons (Fsp3) is 0.926. The van der Waals surface area contributed by atoms with Crippen molar-refractivity contribution < 1.29 is 30.0 Å². The van der Waals surface area contributed by atoms with Gasteiger partial charge in [-0.15, -0.1) is 0 Å². The highest BCUT2D eigenvalue weighted by Gasteiger charge is 2.34. The van der Waals surface area contributed by atoms with Crippen LogP contribution < -0.4 is 5.73 Å². The molecule has 9 nitrogen and oxygen atoms in total. The van der Waals surface area contributed by atoms with E-state index in [1.165, 1.54) is 0 Å². The van der Waals surface area contributed by atoms with Crippen molar-refractivity contribution in [2.45, 2.75) is 108 Å². The molecule has 0 aromatic heterocycles. The number of hydrogen-bond donors (Lipinski definition) is 5. The number of rotatable bonds is 13. The normalized spacial score (nSPS) is 32.5. The summed E-state index contributed by atoms with van der Waals surface area (Å²) in [6, 6.07) is 0.0955. The van der Waals surface area contributed by atoms with Crippen LogP contribution in [0.1, 0.15) is 83.5 Å². The number of aliphatic carboxylic acids is 2. The molecule has 9 heteroatoms. The van der Waals surface area contributed by atoms with Crippen LogP contribution in [0.2, 0.25) is 0 Å². The molecule has 36 heavy (non-hydrogen) atoms.